The standard InChI is InChI=1S/C19H20N2O5S2/c1-12-10-13-4-2-3-5-15(13)21(12)17(22)11-26-19(23)18-16(8-9-27-18)28(24,25)20-14-6-7-14/h2-5,8-9,12,14,20H,6-7,10-11H2,1H3. The summed E-state index contributed by atoms with van der Waals surface area (Å²) in [5.74, 6) is -1.14. The molecule has 2 heterocycles. The van der Waals surface area contributed by atoms with Gasteiger partial charge in [-0.25, -0.2) is 17.9 Å². The number of amides is 1. The number of rotatable bonds is 6. The first-order valence-electron chi connectivity index (χ1n) is 9.04. The highest BCUT2D eigenvalue weighted by molar-refractivity contribution is 7.89. The summed E-state index contributed by atoms with van der Waals surface area (Å²) in [5.41, 5.74) is 1.90. The fourth-order valence-corrected chi connectivity index (χ4v) is 5.97. The van der Waals surface area contributed by atoms with E-state index in [4.69, 9.17) is 4.74 Å². The Balaban J connectivity index is 1.44. The van der Waals surface area contributed by atoms with Gasteiger partial charge in [0.05, 0.1) is 0 Å². The molecule has 2 aliphatic rings. The molecule has 4 rings (SSSR count). The Morgan fingerprint density at radius 1 is 1.25 bits per heavy atom. The fraction of sp³-hybridized carbons (Fsp3) is 0.368. The monoisotopic (exact) mass is 420 g/mol. The molecule has 2 aromatic rings. The number of sulfonamides is 1. The number of nitrogens with one attached hydrogen (secondary N) is 1. The van der Waals surface area contributed by atoms with Crippen molar-refractivity contribution in [3.8, 4) is 0 Å². The Kier molecular flexibility index (Phi) is 4.98. The molecule has 1 atom stereocenters. The van der Waals surface area contributed by atoms with Gasteiger partial charge in [-0.05, 0) is 49.3 Å². The first-order chi connectivity index (χ1) is 13.4. The first kappa shape index (κ1) is 19.1. The lowest BCUT2D eigenvalue weighted by Gasteiger charge is -2.22. The average molecular weight is 421 g/mol. The molecule has 1 saturated carbocycles. The summed E-state index contributed by atoms with van der Waals surface area (Å²) in [6, 6.07) is 8.92. The largest absolute Gasteiger partial charge is 0.451 e. The normalized spacial score (nSPS) is 18.8. The van der Waals surface area contributed by atoms with E-state index in [1.807, 2.05) is 31.2 Å². The highest BCUT2D eigenvalue weighted by atomic mass is 32.2. The lowest BCUT2D eigenvalue weighted by Crippen LogP contribution is -2.38. The van der Waals surface area contributed by atoms with E-state index in [-0.39, 0.29) is 27.8 Å². The van der Waals surface area contributed by atoms with Crippen LogP contribution in [0.1, 0.15) is 35.0 Å². The van der Waals surface area contributed by atoms with Crippen molar-refractivity contribution in [2.24, 2.45) is 0 Å². The van der Waals surface area contributed by atoms with Crippen molar-refractivity contribution in [3.05, 3.63) is 46.2 Å². The summed E-state index contributed by atoms with van der Waals surface area (Å²) in [4.78, 5) is 26.6. The van der Waals surface area contributed by atoms with Crippen LogP contribution in [-0.2, 0) is 26.0 Å². The second kappa shape index (κ2) is 7.31. The van der Waals surface area contributed by atoms with Crippen LogP contribution in [0.25, 0.3) is 0 Å². The van der Waals surface area contributed by atoms with E-state index >= 15 is 0 Å². The Labute approximate surface area is 167 Å². The molecule has 0 spiro atoms. The molecule has 1 aliphatic heterocycles. The number of carbonyl (C=O) groups excluding carboxylic acids is 2. The summed E-state index contributed by atoms with van der Waals surface area (Å²) in [6.07, 6.45) is 2.34. The molecule has 148 valence electrons. The number of ether oxygens (including phenoxy) is 1. The van der Waals surface area contributed by atoms with Crippen LogP contribution in [0, 0.1) is 0 Å². The van der Waals surface area contributed by atoms with Crippen molar-refractivity contribution in [1.82, 2.24) is 4.72 Å². The van der Waals surface area contributed by atoms with Crippen LogP contribution in [0.2, 0.25) is 0 Å². The zero-order chi connectivity index (χ0) is 19.9. The lowest BCUT2D eigenvalue weighted by atomic mass is 10.1. The number of para-hydroxylation sites is 1. The molecular weight excluding hydrogens is 400 g/mol. The third kappa shape index (κ3) is 3.69. The molecule has 1 N–H and O–H groups in total. The third-order valence-corrected chi connectivity index (χ3v) is 7.39. The third-order valence-electron chi connectivity index (χ3n) is 4.81. The number of nitrogens with zero attached hydrogens (tertiary/aromatic N) is 1. The first-order valence-corrected chi connectivity index (χ1v) is 11.4. The van der Waals surface area contributed by atoms with Gasteiger partial charge in [0.1, 0.15) is 9.77 Å². The Morgan fingerprint density at radius 2 is 2.00 bits per heavy atom. The van der Waals surface area contributed by atoms with Gasteiger partial charge in [0.2, 0.25) is 10.0 Å². The minimum Gasteiger partial charge on any atom is -0.451 e. The van der Waals surface area contributed by atoms with Gasteiger partial charge < -0.3 is 9.64 Å². The van der Waals surface area contributed by atoms with Gasteiger partial charge in [-0.15, -0.1) is 11.3 Å². The van der Waals surface area contributed by atoms with Crippen LogP contribution in [0.15, 0.2) is 40.6 Å². The van der Waals surface area contributed by atoms with Crippen LogP contribution in [-0.4, -0.2) is 39.0 Å². The quantitative estimate of drug-likeness (QED) is 0.724. The van der Waals surface area contributed by atoms with Gasteiger partial charge in [-0.3, -0.25) is 4.79 Å². The zero-order valence-electron chi connectivity index (χ0n) is 15.3. The van der Waals surface area contributed by atoms with E-state index in [0.29, 0.717) is 0 Å². The van der Waals surface area contributed by atoms with Crippen LogP contribution < -0.4 is 9.62 Å². The van der Waals surface area contributed by atoms with Gasteiger partial charge in [0.25, 0.3) is 5.91 Å². The average Bonchev–Trinajstić information content (AvgIpc) is 3.19. The molecule has 1 fully saturated rings. The molecule has 0 radical (unpaired) electrons. The molecule has 1 amide bonds. The smallest absolute Gasteiger partial charge is 0.350 e. The van der Waals surface area contributed by atoms with Crippen LogP contribution in [0.5, 0.6) is 0 Å². The number of hydrogen-bond donors (Lipinski definition) is 1. The molecule has 28 heavy (non-hydrogen) atoms. The van der Waals surface area contributed by atoms with Crippen LogP contribution in [0.3, 0.4) is 0 Å². The number of esters is 1. The van der Waals surface area contributed by atoms with Gasteiger partial charge in [0.15, 0.2) is 6.61 Å². The van der Waals surface area contributed by atoms with Gasteiger partial charge >= 0.3 is 5.97 Å². The summed E-state index contributed by atoms with van der Waals surface area (Å²) in [7, 11) is -3.77. The Morgan fingerprint density at radius 3 is 2.75 bits per heavy atom. The lowest BCUT2D eigenvalue weighted by molar-refractivity contribution is -0.122. The summed E-state index contributed by atoms with van der Waals surface area (Å²) >= 11 is 0.986. The highest BCUT2D eigenvalue weighted by Crippen LogP contribution is 2.32. The molecule has 1 aromatic carbocycles. The highest BCUT2D eigenvalue weighted by Gasteiger charge is 2.33. The second-order valence-corrected chi connectivity index (χ2v) is 9.63. The number of anilines is 1. The summed E-state index contributed by atoms with van der Waals surface area (Å²) < 4.78 is 32.5. The number of benzene rings is 1. The van der Waals surface area contributed by atoms with Crippen LogP contribution in [0.4, 0.5) is 5.69 Å². The van der Waals surface area contributed by atoms with E-state index in [1.54, 1.807) is 4.90 Å². The Bertz CT molecular complexity index is 1030. The molecule has 7 nitrogen and oxygen atoms in total. The van der Waals surface area contributed by atoms with Gasteiger partial charge in [-0.1, -0.05) is 18.2 Å². The molecule has 0 saturated heterocycles. The molecule has 1 aliphatic carbocycles. The van der Waals surface area contributed by atoms with Crippen LogP contribution >= 0.6 is 11.3 Å². The van der Waals surface area contributed by atoms with Crippen molar-refractivity contribution in [3.63, 3.8) is 0 Å². The predicted molar refractivity (Wildman–Crippen MR) is 105 cm³/mol. The number of carbonyl (C=O) groups is 2. The summed E-state index contributed by atoms with van der Waals surface area (Å²) in [5, 5.41) is 1.53. The maximum atomic E-state index is 12.6. The Hall–Kier alpha value is -2.23. The zero-order valence-corrected chi connectivity index (χ0v) is 16.9. The molecule has 1 unspecified atom stereocenters. The molecular formula is C19H20N2O5S2. The van der Waals surface area contributed by atoms with Gasteiger partial charge in [0, 0.05) is 17.8 Å². The second-order valence-electron chi connectivity index (χ2n) is 7.03. The van der Waals surface area contributed by atoms with Crippen molar-refractivity contribution in [2.45, 2.75) is 43.2 Å². The van der Waals surface area contributed by atoms with E-state index in [2.05, 4.69) is 4.72 Å². The van der Waals surface area contributed by atoms with E-state index in [1.165, 1.54) is 11.4 Å². The van der Waals surface area contributed by atoms with Crippen molar-refractivity contribution in [1.29, 1.82) is 0 Å². The number of thiophene rings is 1. The van der Waals surface area contributed by atoms with Crippen molar-refractivity contribution < 1.29 is 22.7 Å². The molecule has 9 heteroatoms. The SMILES string of the molecule is CC1Cc2ccccc2N1C(=O)COC(=O)c1sccc1S(=O)(=O)NC1CC1. The molecule has 1 aromatic heterocycles. The minimum atomic E-state index is -3.77. The predicted octanol–water partition coefficient (Wildman–Crippen LogP) is 2.32. The summed E-state index contributed by atoms with van der Waals surface area (Å²) in [6.45, 7) is 1.50. The topological polar surface area (TPSA) is 92.8 Å². The van der Waals surface area contributed by atoms with Crippen molar-refractivity contribution in [2.75, 3.05) is 11.5 Å². The number of hydrogen-bond acceptors (Lipinski definition) is 6. The number of fused-ring (bicyclic) bond motifs is 1. The maximum absolute atomic E-state index is 12.6. The van der Waals surface area contributed by atoms with E-state index in [9.17, 15) is 18.0 Å². The van der Waals surface area contributed by atoms with Gasteiger partial charge in [-0.2, -0.15) is 0 Å². The fourth-order valence-electron chi connectivity index (χ4n) is 3.35. The molecule has 0 bridgehead atoms. The maximum Gasteiger partial charge on any atom is 0.350 e. The van der Waals surface area contributed by atoms with E-state index in [0.717, 1.165) is 41.9 Å². The van der Waals surface area contributed by atoms with Crippen molar-refractivity contribution >= 4 is 38.9 Å². The van der Waals surface area contributed by atoms with E-state index < -0.39 is 22.6 Å². The minimum absolute atomic E-state index is 0.0178.